The Morgan fingerprint density at radius 3 is 2.67 bits per heavy atom. The van der Waals surface area contributed by atoms with Gasteiger partial charge in [0.05, 0.1) is 12.7 Å². The minimum atomic E-state index is -0.492. The van der Waals surface area contributed by atoms with Crippen molar-refractivity contribution in [2.24, 2.45) is 5.92 Å². The topological polar surface area (TPSA) is 41.5 Å². The summed E-state index contributed by atoms with van der Waals surface area (Å²) in [6.45, 7) is 3.41. The SMILES string of the molecule is CC1COc2ccccc2C1NCC(O)c1ccccc1. The van der Waals surface area contributed by atoms with Gasteiger partial charge in [0.25, 0.3) is 0 Å². The maximum absolute atomic E-state index is 10.3. The molecule has 1 aliphatic rings. The van der Waals surface area contributed by atoms with Crippen LogP contribution in [0.2, 0.25) is 0 Å². The van der Waals surface area contributed by atoms with Crippen LogP contribution in [-0.4, -0.2) is 18.3 Å². The van der Waals surface area contributed by atoms with Gasteiger partial charge in [0.2, 0.25) is 0 Å². The second kappa shape index (κ2) is 6.29. The molecule has 2 N–H and O–H groups in total. The number of benzene rings is 2. The lowest BCUT2D eigenvalue weighted by molar-refractivity contribution is 0.145. The third kappa shape index (κ3) is 3.09. The first-order chi connectivity index (χ1) is 10.3. The first-order valence-corrected chi connectivity index (χ1v) is 7.44. The minimum absolute atomic E-state index is 0.216. The number of hydrogen-bond acceptors (Lipinski definition) is 3. The van der Waals surface area contributed by atoms with E-state index in [9.17, 15) is 5.11 Å². The number of ether oxygens (including phenoxy) is 1. The lowest BCUT2D eigenvalue weighted by Crippen LogP contribution is -2.36. The zero-order chi connectivity index (χ0) is 14.7. The van der Waals surface area contributed by atoms with Gasteiger partial charge in [-0.3, -0.25) is 0 Å². The van der Waals surface area contributed by atoms with Crippen molar-refractivity contribution in [2.75, 3.05) is 13.2 Å². The van der Waals surface area contributed by atoms with Crippen LogP contribution in [0, 0.1) is 5.92 Å². The summed E-state index contributed by atoms with van der Waals surface area (Å²) in [6, 6.07) is 18.1. The van der Waals surface area contributed by atoms with E-state index in [0.717, 1.165) is 11.3 Å². The molecule has 2 aromatic rings. The fourth-order valence-corrected chi connectivity index (χ4v) is 2.84. The van der Waals surface area contributed by atoms with Gasteiger partial charge in [-0.2, -0.15) is 0 Å². The van der Waals surface area contributed by atoms with Crippen LogP contribution in [0.15, 0.2) is 54.6 Å². The van der Waals surface area contributed by atoms with Crippen molar-refractivity contribution >= 4 is 0 Å². The number of fused-ring (bicyclic) bond motifs is 1. The van der Waals surface area contributed by atoms with E-state index in [1.807, 2.05) is 48.5 Å². The Balaban J connectivity index is 1.70. The van der Waals surface area contributed by atoms with Crippen LogP contribution in [-0.2, 0) is 0 Å². The van der Waals surface area contributed by atoms with E-state index in [1.165, 1.54) is 5.56 Å². The summed E-state index contributed by atoms with van der Waals surface area (Å²) in [5.74, 6) is 1.32. The molecule has 0 bridgehead atoms. The lowest BCUT2D eigenvalue weighted by atomic mass is 9.92. The molecule has 0 saturated carbocycles. The number of hydrogen-bond donors (Lipinski definition) is 2. The standard InChI is InChI=1S/C18H21NO2/c1-13-12-21-17-10-6-5-9-15(17)18(13)19-11-16(20)14-7-3-2-4-8-14/h2-10,13,16,18-20H,11-12H2,1H3. The van der Waals surface area contributed by atoms with Crippen molar-refractivity contribution in [3.05, 3.63) is 65.7 Å². The molecule has 110 valence electrons. The molecule has 0 fully saturated rings. The Morgan fingerprint density at radius 1 is 1.14 bits per heavy atom. The molecule has 1 aliphatic heterocycles. The predicted molar refractivity (Wildman–Crippen MR) is 83.2 cm³/mol. The van der Waals surface area contributed by atoms with Gasteiger partial charge < -0.3 is 15.2 Å². The van der Waals surface area contributed by atoms with Crippen LogP contribution < -0.4 is 10.1 Å². The van der Waals surface area contributed by atoms with Crippen molar-refractivity contribution < 1.29 is 9.84 Å². The Labute approximate surface area is 125 Å². The van der Waals surface area contributed by atoms with Gasteiger partial charge in [0.1, 0.15) is 5.75 Å². The molecule has 0 aromatic heterocycles. The molecular formula is C18H21NO2. The Hall–Kier alpha value is -1.84. The number of aliphatic hydroxyl groups excluding tert-OH is 1. The zero-order valence-electron chi connectivity index (χ0n) is 12.2. The third-order valence-corrected chi connectivity index (χ3v) is 4.04. The van der Waals surface area contributed by atoms with E-state index < -0.39 is 6.10 Å². The molecule has 0 amide bonds. The quantitative estimate of drug-likeness (QED) is 0.906. The van der Waals surface area contributed by atoms with E-state index in [2.05, 4.69) is 18.3 Å². The molecule has 0 radical (unpaired) electrons. The number of aliphatic hydroxyl groups is 1. The molecule has 3 atom stereocenters. The third-order valence-electron chi connectivity index (χ3n) is 4.04. The van der Waals surface area contributed by atoms with Crippen molar-refractivity contribution in [2.45, 2.75) is 19.1 Å². The Kier molecular flexibility index (Phi) is 4.23. The fraction of sp³-hybridized carbons (Fsp3) is 0.333. The molecule has 3 heteroatoms. The van der Waals surface area contributed by atoms with E-state index in [0.29, 0.717) is 19.1 Å². The fourth-order valence-electron chi connectivity index (χ4n) is 2.84. The molecule has 0 aliphatic carbocycles. The summed E-state index contributed by atoms with van der Waals surface area (Å²) in [4.78, 5) is 0. The van der Waals surface area contributed by atoms with Crippen LogP contribution in [0.1, 0.15) is 30.2 Å². The van der Waals surface area contributed by atoms with Crippen LogP contribution in [0.3, 0.4) is 0 Å². The summed E-state index contributed by atoms with van der Waals surface area (Å²) in [5, 5.41) is 13.8. The highest BCUT2D eigenvalue weighted by molar-refractivity contribution is 5.38. The van der Waals surface area contributed by atoms with E-state index in [1.54, 1.807) is 0 Å². The highest BCUT2D eigenvalue weighted by Crippen LogP contribution is 2.35. The minimum Gasteiger partial charge on any atom is -0.493 e. The van der Waals surface area contributed by atoms with Gasteiger partial charge in [-0.15, -0.1) is 0 Å². The van der Waals surface area contributed by atoms with Gasteiger partial charge in [-0.25, -0.2) is 0 Å². The van der Waals surface area contributed by atoms with Crippen LogP contribution in [0.4, 0.5) is 0 Å². The van der Waals surface area contributed by atoms with Crippen LogP contribution in [0.5, 0.6) is 5.75 Å². The van der Waals surface area contributed by atoms with Crippen LogP contribution in [0.25, 0.3) is 0 Å². The maximum atomic E-state index is 10.3. The molecule has 3 nitrogen and oxygen atoms in total. The molecule has 0 spiro atoms. The number of rotatable bonds is 4. The number of nitrogens with one attached hydrogen (secondary N) is 1. The average Bonchev–Trinajstić information content (AvgIpc) is 2.54. The molecule has 3 unspecified atom stereocenters. The van der Waals surface area contributed by atoms with Crippen molar-refractivity contribution in [1.82, 2.24) is 5.32 Å². The Bertz CT molecular complexity index is 585. The molecule has 3 rings (SSSR count). The lowest BCUT2D eigenvalue weighted by Gasteiger charge is -2.32. The smallest absolute Gasteiger partial charge is 0.124 e. The van der Waals surface area contributed by atoms with Gasteiger partial charge in [-0.1, -0.05) is 55.5 Å². The van der Waals surface area contributed by atoms with Gasteiger partial charge in [0, 0.05) is 24.1 Å². The zero-order valence-corrected chi connectivity index (χ0v) is 12.2. The molecule has 0 saturated heterocycles. The normalized spacial score (nSPS) is 22.2. The molecule has 21 heavy (non-hydrogen) atoms. The second-order valence-corrected chi connectivity index (χ2v) is 5.64. The molecular weight excluding hydrogens is 262 g/mol. The van der Waals surface area contributed by atoms with Crippen LogP contribution >= 0.6 is 0 Å². The first-order valence-electron chi connectivity index (χ1n) is 7.44. The van der Waals surface area contributed by atoms with Gasteiger partial charge >= 0.3 is 0 Å². The first kappa shape index (κ1) is 14.1. The van der Waals surface area contributed by atoms with E-state index in [4.69, 9.17) is 4.74 Å². The van der Waals surface area contributed by atoms with Gasteiger partial charge in [0.15, 0.2) is 0 Å². The summed E-state index contributed by atoms with van der Waals surface area (Å²) in [6.07, 6.45) is -0.492. The molecule has 1 heterocycles. The predicted octanol–water partition coefficient (Wildman–Crippen LogP) is 3.08. The van der Waals surface area contributed by atoms with Crippen molar-refractivity contribution in [3.8, 4) is 5.75 Å². The van der Waals surface area contributed by atoms with E-state index >= 15 is 0 Å². The second-order valence-electron chi connectivity index (χ2n) is 5.64. The van der Waals surface area contributed by atoms with Crippen molar-refractivity contribution in [1.29, 1.82) is 0 Å². The average molecular weight is 283 g/mol. The molecule has 2 aromatic carbocycles. The highest BCUT2D eigenvalue weighted by atomic mass is 16.5. The monoisotopic (exact) mass is 283 g/mol. The van der Waals surface area contributed by atoms with E-state index in [-0.39, 0.29) is 6.04 Å². The largest absolute Gasteiger partial charge is 0.493 e. The summed E-state index contributed by atoms with van der Waals surface area (Å²) in [5.41, 5.74) is 2.12. The van der Waals surface area contributed by atoms with Crippen molar-refractivity contribution in [3.63, 3.8) is 0 Å². The Morgan fingerprint density at radius 2 is 1.86 bits per heavy atom. The number of para-hydroxylation sites is 1. The van der Waals surface area contributed by atoms with Gasteiger partial charge in [-0.05, 0) is 11.6 Å². The summed E-state index contributed by atoms with van der Waals surface area (Å²) < 4.78 is 5.75. The maximum Gasteiger partial charge on any atom is 0.124 e. The highest BCUT2D eigenvalue weighted by Gasteiger charge is 2.27. The summed E-state index contributed by atoms with van der Waals surface area (Å²) in [7, 11) is 0. The summed E-state index contributed by atoms with van der Waals surface area (Å²) >= 11 is 0.